The van der Waals surface area contributed by atoms with E-state index in [9.17, 15) is 18.3 Å². The van der Waals surface area contributed by atoms with E-state index in [1.165, 1.54) is 12.1 Å². The van der Waals surface area contributed by atoms with Crippen molar-refractivity contribution in [2.45, 2.75) is 57.4 Å². The first kappa shape index (κ1) is 22.3. The van der Waals surface area contributed by atoms with Crippen molar-refractivity contribution in [1.82, 2.24) is 4.31 Å². The predicted octanol–water partition coefficient (Wildman–Crippen LogP) is 3.13. The van der Waals surface area contributed by atoms with Crippen LogP contribution in [0, 0.1) is 13.8 Å². The van der Waals surface area contributed by atoms with Gasteiger partial charge in [-0.25, -0.2) is 8.42 Å². The summed E-state index contributed by atoms with van der Waals surface area (Å²) < 4.78 is 38.6. The maximum absolute atomic E-state index is 13.1. The lowest BCUT2D eigenvalue weighted by Crippen LogP contribution is -2.58. The molecule has 30 heavy (non-hydrogen) atoms. The summed E-state index contributed by atoms with van der Waals surface area (Å²) in [5, 5.41) is 9.53. The minimum Gasteiger partial charge on any atom is -0.489 e. The van der Waals surface area contributed by atoms with Gasteiger partial charge in [-0.2, -0.15) is 4.31 Å². The summed E-state index contributed by atoms with van der Waals surface area (Å²) in [5.41, 5.74) is 3.32. The monoisotopic (exact) mass is 433 g/mol. The smallest absolute Gasteiger partial charge is 0.324 e. The van der Waals surface area contributed by atoms with E-state index < -0.39 is 34.2 Å². The van der Waals surface area contributed by atoms with E-state index in [1.807, 2.05) is 26.0 Å². The number of ether oxygens (including phenoxy) is 2. The van der Waals surface area contributed by atoms with Crippen molar-refractivity contribution in [3.05, 3.63) is 59.2 Å². The molecule has 0 aliphatic carbocycles. The third-order valence-electron chi connectivity index (χ3n) is 5.22. The Labute approximate surface area is 177 Å². The fourth-order valence-electron chi connectivity index (χ4n) is 3.62. The first-order chi connectivity index (χ1) is 14.1. The third kappa shape index (κ3) is 4.66. The zero-order valence-electron chi connectivity index (χ0n) is 17.5. The number of hydrogen-bond acceptors (Lipinski definition) is 5. The van der Waals surface area contributed by atoms with Crippen molar-refractivity contribution < 1.29 is 27.8 Å². The van der Waals surface area contributed by atoms with Crippen LogP contribution in [0.1, 0.15) is 30.5 Å². The van der Waals surface area contributed by atoms with Crippen LogP contribution in [-0.2, 0) is 26.2 Å². The van der Waals surface area contributed by atoms with Crippen LogP contribution < -0.4 is 4.74 Å². The second-order valence-electron chi connectivity index (χ2n) is 7.70. The van der Waals surface area contributed by atoms with Gasteiger partial charge < -0.3 is 14.6 Å². The number of aryl methyl sites for hydroxylation is 2. The highest BCUT2D eigenvalue weighted by atomic mass is 32.2. The van der Waals surface area contributed by atoms with Crippen molar-refractivity contribution in [3.8, 4) is 5.75 Å². The lowest BCUT2D eigenvalue weighted by Gasteiger charge is -2.39. The standard InChI is InChI=1S/C22H27NO6S/c1-14-5-6-15(2)18(11-14)13-28-19-7-9-20(10-8-19)30(26,27)23-12-16(3)29-17(4)21(23)22(24)25/h5-11,16-17,21H,12-13H2,1-4H3,(H,24,25). The molecule has 8 heteroatoms. The minimum atomic E-state index is -4.00. The van der Waals surface area contributed by atoms with E-state index in [4.69, 9.17) is 9.47 Å². The molecule has 0 radical (unpaired) electrons. The Morgan fingerprint density at radius 3 is 2.47 bits per heavy atom. The summed E-state index contributed by atoms with van der Waals surface area (Å²) in [5.74, 6) is -0.695. The average molecular weight is 434 g/mol. The van der Waals surface area contributed by atoms with Crippen LogP contribution in [0.2, 0.25) is 0 Å². The summed E-state index contributed by atoms with van der Waals surface area (Å²) in [4.78, 5) is 11.7. The van der Waals surface area contributed by atoms with Crippen LogP contribution in [0.5, 0.6) is 5.75 Å². The van der Waals surface area contributed by atoms with Crippen LogP contribution >= 0.6 is 0 Å². The number of rotatable bonds is 6. The molecule has 1 heterocycles. The summed E-state index contributed by atoms with van der Waals surface area (Å²) in [6.07, 6.45) is -1.15. The van der Waals surface area contributed by atoms with Gasteiger partial charge in [-0.3, -0.25) is 4.79 Å². The van der Waals surface area contributed by atoms with E-state index in [-0.39, 0.29) is 11.4 Å². The molecular formula is C22H27NO6S. The minimum absolute atomic E-state index is 0.0193. The Balaban J connectivity index is 1.78. The van der Waals surface area contributed by atoms with Gasteiger partial charge >= 0.3 is 5.97 Å². The zero-order chi connectivity index (χ0) is 22.1. The first-order valence-corrected chi connectivity index (χ1v) is 11.2. The van der Waals surface area contributed by atoms with Gasteiger partial charge in [-0.1, -0.05) is 23.8 Å². The van der Waals surface area contributed by atoms with Gasteiger partial charge in [0.05, 0.1) is 17.1 Å². The summed E-state index contributed by atoms with van der Waals surface area (Å²) in [7, 11) is -4.00. The molecule has 7 nitrogen and oxygen atoms in total. The molecule has 2 aromatic rings. The molecule has 1 saturated heterocycles. The zero-order valence-corrected chi connectivity index (χ0v) is 18.3. The van der Waals surface area contributed by atoms with Gasteiger partial charge in [-0.15, -0.1) is 0 Å². The Hall–Kier alpha value is -2.42. The topological polar surface area (TPSA) is 93.1 Å². The summed E-state index contributed by atoms with van der Waals surface area (Å²) in [6.45, 7) is 7.67. The first-order valence-electron chi connectivity index (χ1n) is 9.78. The van der Waals surface area contributed by atoms with Crippen LogP contribution in [0.25, 0.3) is 0 Å². The SMILES string of the molecule is Cc1ccc(C)c(COc2ccc(S(=O)(=O)N3CC(C)OC(C)C3C(=O)O)cc2)c1. The molecule has 1 fully saturated rings. The molecule has 0 amide bonds. The van der Waals surface area contributed by atoms with Crippen LogP contribution in [0.15, 0.2) is 47.4 Å². The molecule has 1 aliphatic rings. The second-order valence-corrected chi connectivity index (χ2v) is 9.59. The Kier molecular flexibility index (Phi) is 6.50. The Bertz CT molecular complexity index is 1020. The van der Waals surface area contributed by atoms with Gasteiger partial charge in [0.25, 0.3) is 0 Å². The van der Waals surface area contributed by atoms with E-state index in [0.717, 1.165) is 21.0 Å². The molecule has 1 aliphatic heterocycles. The van der Waals surface area contributed by atoms with E-state index in [2.05, 4.69) is 6.07 Å². The normalized spacial score (nSPS) is 22.6. The molecular weight excluding hydrogens is 406 g/mol. The van der Waals surface area contributed by atoms with Gasteiger partial charge in [-0.05, 0) is 63.1 Å². The Morgan fingerprint density at radius 1 is 1.17 bits per heavy atom. The molecule has 162 valence electrons. The number of morpholine rings is 1. The quantitative estimate of drug-likeness (QED) is 0.752. The van der Waals surface area contributed by atoms with Crippen LogP contribution in [-0.4, -0.2) is 48.6 Å². The van der Waals surface area contributed by atoms with Gasteiger partial charge in [0.1, 0.15) is 18.4 Å². The van der Waals surface area contributed by atoms with E-state index >= 15 is 0 Å². The number of aliphatic carboxylic acids is 1. The van der Waals surface area contributed by atoms with Crippen LogP contribution in [0.3, 0.4) is 0 Å². The lowest BCUT2D eigenvalue weighted by atomic mass is 10.1. The molecule has 0 aromatic heterocycles. The number of sulfonamides is 1. The van der Waals surface area contributed by atoms with Crippen molar-refractivity contribution in [2.24, 2.45) is 0 Å². The largest absolute Gasteiger partial charge is 0.489 e. The van der Waals surface area contributed by atoms with Crippen molar-refractivity contribution in [2.75, 3.05) is 6.54 Å². The molecule has 1 N–H and O–H groups in total. The van der Waals surface area contributed by atoms with Gasteiger partial charge in [0.2, 0.25) is 10.0 Å². The molecule has 3 unspecified atom stereocenters. The van der Waals surface area contributed by atoms with Crippen molar-refractivity contribution in [3.63, 3.8) is 0 Å². The maximum Gasteiger partial charge on any atom is 0.324 e. The highest BCUT2D eigenvalue weighted by Gasteiger charge is 2.44. The van der Waals surface area contributed by atoms with E-state index in [1.54, 1.807) is 26.0 Å². The average Bonchev–Trinajstić information content (AvgIpc) is 2.68. The number of benzene rings is 2. The van der Waals surface area contributed by atoms with Gasteiger partial charge in [0, 0.05) is 6.54 Å². The summed E-state index contributed by atoms with van der Waals surface area (Å²) >= 11 is 0. The molecule has 0 spiro atoms. The molecule has 3 rings (SSSR count). The number of carbonyl (C=O) groups is 1. The number of carboxylic acids is 1. The second kappa shape index (κ2) is 8.75. The fraction of sp³-hybridized carbons (Fsp3) is 0.409. The van der Waals surface area contributed by atoms with Crippen molar-refractivity contribution >= 4 is 16.0 Å². The molecule has 2 aromatic carbocycles. The fourth-order valence-corrected chi connectivity index (χ4v) is 5.33. The van der Waals surface area contributed by atoms with E-state index in [0.29, 0.717) is 12.4 Å². The van der Waals surface area contributed by atoms with Crippen LogP contribution in [0.4, 0.5) is 0 Å². The van der Waals surface area contributed by atoms with Gasteiger partial charge in [0.15, 0.2) is 0 Å². The van der Waals surface area contributed by atoms with Crippen molar-refractivity contribution in [1.29, 1.82) is 0 Å². The predicted molar refractivity (Wildman–Crippen MR) is 112 cm³/mol. The lowest BCUT2D eigenvalue weighted by molar-refractivity contribution is -0.155. The third-order valence-corrected chi connectivity index (χ3v) is 7.08. The molecule has 0 bridgehead atoms. The maximum atomic E-state index is 13.1. The number of nitrogens with zero attached hydrogens (tertiary/aromatic N) is 1. The Morgan fingerprint density at radius 2 is 1.83 bits per heavy atom. The number of hydrogen-bond donors (Lipinski definition) is 1. The summed E-state index contributed by atoms with van der Waals surface area (Å²) in [6, 6.07) is 10.9. The molecule has 3 atom stereocenters. The highest BCUT2D eigenvalue weighted by Crippen LogP contribution is 2.27. The molecule has 0 saturated carbocycles. The highest BCUT2D eigenvalue weighted by molar-refractivity contribution is 7.89. The number of carboxylic acid groups (broad SMARTS) is 1.